The summed E-state index contributed by atoms with van der Waals surface area (Å²) in [5.41, 5.74) is 31.8. The van der Waals surface area contributed by atoms with Crippen molar-refractivity contribution in [3.63, 3.8) is 0 Å². The molecule has 0 spiro atoms. The molecule has 48 heteroatoms. The molecule has 3 heterocycles. The highest BCUT2D eigenvalue weighted by atomic mass is 32.1. The highest BCUT2D eigenvalue weighted by Crippen LogP contribution is 2.25. The average Bonchev–Trinajstić information content (AvgIpc) is 1.66. The van der Waals surface area contributed by atoms with Gasteiger partial charge in [-0.15, -0.1) is 0 Å². The molecule has 6 aromatic rings. The lowest BCUT2D eigenvalue weighted by molar-refractivity contribution is -0.150. The number of carbonyl (C=O) groups excluding carboxylic acids is 18. The van der Waals surface area contributed by atoms with Crippen LogP contribution in [0, 0.1) is 17.8 Å². The Hall–Kier alpha value is -14.6. The van der Waals surface area contributed by atoms with Crippen LogP contribution >= 0.6 is 25.3 Å². The first kappa shape index (κ1) is 114. The van der Waals surface area contributed by atoms with Gasteiger partial charge in [-0.2, -0.15) is 25.3 Å². The van der Waals surface area contributed by atoms with Crippen molar-refractivity contribution in [3.8, 4) is 0 Å². The van der Waals surface area contributed by atoms with Crippen molar-refractivity contribution in [2.75, 3.05) is 24.6 Å². The van der Waals surface area contributed by atoms with Crippen molar-refractivity contribution in [2.24, 2.45) is 46.4 Å². The molecule has 2 aromatic heterocycles. The molecule has 4 aromatic carbocycles. The molecule has 0 bridgehead atoms. The van der Waals surface area contributed by atoms with Crippen molar-refractivity contribution >= 4 is 171 Å². The molecule has 29 N–H and O–H groups in total. The second-order valence-corrected chi connectivity index (χ2v) is 36.4. The first-order valence-electron chi connectivity index (χ1n) is 46.2. The third-order valence-corrected chi connectivity index (χ3v) is 24.0. The maximum absolute atomic E-state index is 15.3. The summed E-state index contributed by atoms with van der Waals surface area (Å²) in [6, 6.07) is 3.52. The fourth-order valence-electron chi connectivity index (χ4n) is 15.8. The number of carbonyl (C=O) groups is 21. The third-order valence-electron chi connectivity index (χ3n) is 23.3. The van der Waals surface area contributed by atoms with E-state index in [0.717, 1.165) is 4.90 Å². The number of aromatic amines is 2. The van der Waals surface area contributed by atoms with E-state index in [0.29, 0.717) is 50.5 Å². The number of carboxylic acids is 3. The van der Waals surface area contributed by atoms with Crippen LogP contribution in [0.1, 0.15) is 141 Å². The molecule has 1 aliphatic rings. The molecule has 142 heavy (non-hydrogen) atoms. The van der Waals surface area contributed by atoms with Crippen LogP contribution in [0.15, 0.2) is 122 Å². The number of nitrogens with one attached hydrogen (secondary N) is 16. The molecule has 16 atom stereocenters. The van der Waals surface area contributed by atoms with Crippen LogP contribution < -0.4 is 103 Å². The Morgan fingerprint density at radius 2 is 0.725 bits per heavy atom. The predicted octanol–water partition coefficient (Wildman–Crippen LogP) is -3.58. The van der Waals surface area contributed by atoms with E-state index in [9.17, 15) is 102 Å². The Labute approximate surface area is 828 Å². The molecule has 1 aliphatic heterocycles. The number of nitrogens with two attached hydrogens (primary N) is 5. The molecule has 0 aliphatic carbocycles. The minimum Gasteiger partial charge on any atom is -0.481 e. The van der Waals surface area contributed by atoms with Gasteiger partial charge >= 0.3 is 17.9 Å². The molecule has 1 saturated heterocycles. The van der Waals surface area contributed by atoms with Gasteiger partial charge in [0.25, 0.3) is 0 Å². The number of hydrogen-bond acceptors (Lipinski definition) is 25. The lowest BCUT2D eigenvalue weighted by Gasteiger charge is -2.30. The molecule has 0 unspecified atom stereocenters. The summed E-state index contributed by atoms with van der Waals surface area (Å²) in [5, 5.41) is 65.5. The van der Waals surface area contributed by atoms with Crippen molar-refractivity contribution in [2.45, 2.75) is 241 Å². The quantitative estimate of drug-likeness (QED) is 0.0130. The number of hydrogen-bond donors (Lipinski definition) is 26. The maximum atomic E-state index is 15.3. The Bertz CT molecular complexity index is 5490. The molecule has 18 amide bonds. The van der Waals surface area contributed by atoms with Gasteiger partial charge in [0.15, 0.2) is 0 Å². The monoisotopic (exact) mass is 2010 g/mol. The smallest absolute Gasteiger partial charge is 0.326 e. The standard InChI is InChI=1S/C94H128N22O24S2/c1-47(2)34-61(105-87(132)67(41-74(99)119)110-91(136)70(46-142)113-92(137)77(48(3)4)114-88(133)65(104-79(124)56(96)39-75(120)121)38-53-44-101-58-27-16-14-25-55(53)58)82(127)106-62(35-50-20-9-7-10-21-50)83(128)102-59(28-17-18-32-95)80(125)109-66(40-73(98)118)86(131)103-60(30-31-72(97)117)81(126)108-64(37-52-43-100-57-26-15-13-24-54(52)57)85(130)107-63(36-51-22-11-8-12-23-51)84(129)112-69(45-141)90(135)111-68(42-76(122)123)89(134)115-78(49(5)6)93(138)116-33-19-29-71(116)94(139)140/h7-16,20-27,43-44,47-49,56,59-71,77-78,100-101,141-142H,17-19,28-42,45-46,95-96H2,1-6H3,(H2,97,117)(H2,98,118)(H2,99,119)(H,102,128)(H,103,131)(H,104,124)(H,105,132)(H,106,127)(H,107,130)(H,108,126)(H,109,125)(H,110,136)(H,111,135)(H,112,129)(H,113,137)(H,114,133)(H,115,134)(H,120,121)(H,122,123)(H,139,140)/t56-,59-,60-,61-,62-,63-,64-,65-,66-,67-,68-,69-,70-,71-,77-,78-/m0/s1. The number of carboxylic acid groups (broad SMARTS) is 3. The van der Waals surface area contributed by atoms with Gasteiger partial charge in [0.1, 0.15) is 90.6 Å². The number of amides is 18. The predicted molar refractivity (Wildman–Crippen MR) is 522 cm³/mol. The van der Waals surface area contributed by atoms with Crippen LogP contribution in [-0.2, 0) is 126 Å². The number of H-pyrrole nitrogens is 2. The topological polar surface area (TPSA) is 752 Å². The number of aliphatic carboxylic acids is 3. The Morgan fingerprint density at radius 1 is 0.380 bits per heavy atom. The number of benzene rings is 4. The molecule has 0 saturated carbocycles. The number of thiol groups is 2. The Morgan fingerprint density at radius 3 is 1.14 bits per heavy atom. The minimum atomic E-state index is -2.02. The van der Waals surface area contributed by atoms with Gasteiger partial charge in [-0.05, 0) is 104 Å². The number of rotatable bonds is 59. The fourth-order valence-corrected chi connectivity index (χ4v) is 16.3. The second kappa shape index (κ2) is 56.0. The maximum Gasteiger partial charge on any atom is 0.326 e. The lowest BCUT2D eigenvalue weighted by atomic mass is 9.99. The van der Waals surface area contributed by atoms with Crippen LogP contribution in [-0.4, -0.2) is 276 Å². The second-order valence-electron chi connectivity index (χ2n) is 35.7. The largest absolute Gasteiger partial charge is 0.481 e. The Kier molecular flexibility index (Phi) is 45.2. The van der Waals surface area contributed by atoms with E-state index in [4.69, 9.17) is 28.7 Å². The number of fused-ring (bicyclic) bond motifs is 2. The molecular weight excluding hydrogens is 1890 g/mol. The number of likely N-dealkylation sites (tertiary alicyclic amines) is 1. The van der Waals surface area contributed by atoms with Gasteiger partial charge in [-0.3, -0.25) is 95.9 Å². The number of nitrogens with zero attached hydrogens (tertiary/aromatic N) is 1. The van der Waals surface area contributed by atoms with E-state index in [1.807, 2.05) is 0 Å². The molecule has 46 nitrogen and oxygen atoms in total. The Balaban J connectivity index is 1.10. The molecule has 770 valence electrons. The lowest BCUT2D eigenvalue weighted by Crippen LogP contribution is -2.62. The van der Waals surface area contributed by atoms with Crippen molar-refractivity contribution in [1.82, 2.24) is 89.3 Å². The molecule has 1 fully saturated rings. The first-order chi connectivity index (χ1) is 67.3. The normalized spacial score (nSPS) is 15.5. The summed E-state index contributed by atoms with van der Waals surface area (Å²) in [6.07, 6.45) is -2.71. The minimum absolute atomic E-state index is 0.0548. The van der Waals surface area contributed by atoms with Gasteiger partial charge in [0.2, 0.25) is 106 Å². The van der Waals surface area contributed by atoms with Gasteiger partial charge < -0.3 is 133 Å². The summed E-state index contributed by atoms with van der Waals surface area (Å²) in [7, 11) is 0. The number of unbranched alkanes of at least 4 members (excludes halogenated alkanes) is 1. The number of para-hydroxylation sites is 2. The van der Waals surface area contributed by atoms with Crippen molar-refractivity contribution < 1.29 is 116 Å². The number of primary amides is 3. The van der Waals surface area contributed by atoms with Crippen molar-refractivity contribution in [1.29, 1.82) is 0 Å². The summed E-state index contributed by atoms with van der Waals surface area (Å²) in [4.78, 5) is 299. The van der Waals surface area contributed by atoms with Crippen LogP contribution in [0.25, 0.3) is 21.8 Å². The summed E-state index contributed by atoms with van der Waals surface area (Å²) in [6.45, 7) is 9.66. The highest BCUT2D eigenvalue weighted by Gasteiger charge is 2.43. The van der Waals surface area contributed by atoms with Crippen molar-refractivity contribution in [3.05, 3.63) is 144 Å². The SMILES string of the molecule is CC(C)C[C@H](NC(=O)[C@H](CC(N)=O)NC(=O)[C@H](CS)NC(=O)[C@@H](NC(=O)[C@H](Cc1c[nH]c2ccccc12)NC(=O)[C@@H](N)CC(=O)O)C(C)C)C(=O)N[C@@H](Cc1ccccc1)C(=O)N[C@@H](CCCCN)C(=O)N[C@@H](CC(N)=O)C(=O)N[C@@H](CCC(N)=O)C(=O)N[C@@H](Cc1c[nH]c2ccccc12)C(=O)N[C@@H](Cc1ccccc1)C(=O)N[C@@H](CS)C(=O)N[C@@H](CC(=O)O)C(=O)N[C@H](C(=O)N1CCC[C@H]1C(=O)O)C(C)C. The zero-order chi connectivity index (χ0) is 105. The number of aromatic nitrogens is 2. The van der Waals surface area contributed by atoms with E-state index < -0.39 is 295 Å². The van der Waals surface area contributed by atoms with E-state index in [1.165, 1.54) is 6.20 Å². The molecule has 0 radical (unpaired) electrons. The fraction of sp³-hybridized carbons (Fsp3) is 0.479. The zero-order valence-corrected chi connectivity index (χ0v) is 81.1. The van der Waals surface area contributed by atoms with Gasteiger partial charge in [0.05, 0.1) is 31.7 Å². The molecular formula is C94H128N22O24S2. The summed E-state index contributed by atoms with van der Waals surface area (Å²) in [5.74, 6) is -26.6. The van der Waals surface area contributed by atoms with Gasteiger partial charge in [0, 0.05) is 84.4 Å². The average molecular weight is 2010 g/mol. The van der Waals surface area contributed by atoms with Crippen LogP contribution in [0.3, 0.4) is 0 Å². The van der Waals surface area contributed by atoms with Crippen LogP contribution in [0.4, 0.5) is 0 Å². The highest BCUT2D eigenvalue weighted by molar-refractivity contribution is 7.80. The zero-order valence-electron chi connectivity index (χ0n) is 79.3. The van der Waals surface area contributed by atoms with Gasteiger partial charge in [-0.1, -0.05) is 139 Å². The molecule has 7 rings (SSSR count). The van der Waals surface area contributed by atoms with E-state index in [2.05, 4.69) is 110 Å². The van der Waals surface area contributed by atoms with E-state index in [-0.39, 0.29) is 64.5 Å². The summed E-state index contributed by atoms with van der Waals surface area (Å²) < 4.78 is 0. The van der Waals surface area contributed by atoms with Crippen LogP contribution in [0.2, 0.25) is 0 Å². The van der Waals surface area contributed by atoms with Crippen LogP contribution in [0.5, 0.6) is 0 Å². The van der Waals surface area contributed by atoms with Gasteiger partial charge in [-0.25, -0.2) is 4.79 Å². The third kappa shape index (κ3) is 35.7. The van der Waals surface area contributed by atoms with E-state index in [1.54, 1.807) is 157 Å². The van der Waals surface area contributed by atoms with E-state index >= 15 is 14.4 Å². The first-order valence-corrected chi connectivity index (χ1v) is 47.5. The summed E-state index contributed by atoms with van der Waals surface area (Å²) >= 11 is 8.57.